The van der Waals surface area contributed by atoms with Crippen LogP contribution in [0.15, 0.2) is 48.5 Å². The maximum Gasteiger partial charge on any atom is 0.132 e. The molecular formula is C17H21NO2. The zero-order valence-corrected chi connectivity index (χ0v) is 11.8. The van der Waals surface area contributed by atoms with Crippen LogP contribution < -0.4 is 10.5 Å². The van der Waals surface area contributed by atoms with E-state index in [4.69, 9.17) is 15.6 Å². The molecule has 0 saturated heterocycles. The molecule has 3 N–H and O–H groups in total. The molecule has 0 aliphatic rings. The summed E-state index contributed by atoms with van der Waals surface area (Å²) in [7, 11) is 0. The Labute approximate surface area is 120 Å². The van der Waals surface area contributed by atoms with Crippen LogP contribution in [0.4, 0.5) is 0 Å². The third-order valence-corrected chi connectivity index (χ3v) is 3.33. The van der Waals surface area contributed by atoms with Crippen molar-refractivity contribution in [1.82, 2.24) is 0 Å². The summed E-state index contributed by atoms with van der Waals surface area (Å²) in [6.45, 7) is 2.16. The van der Waals surface area contributed by atoms with Gasteiger partial charge in [0.25, 0.3) is 0 Å². The third-order valence-electron chi connectivity index (χ3n) is 3.33. The van der Waals surface area contributed by atoms with Crippen molar-refractivity contribution in [2.75, 3.05) is 6.61 Å². The Morgan fingerprint density at radius 3 is 2.40 bits per heavy atom. The molecule has 106 valence electrons. The van der Waals surface area contributed by atoms with E-state index in [-0.39, 0.29) is 12.6 Å². The molecule has 20 heavy (non-hydrogen) atoms. The summed E-state index contributed by atoms with van der Waals surface area (Å²) >= 11 is 0. The first-order valence-electron chi connectivity index (χ1n) is 6.97. The summed E-state index contributed by atoms with van der Waals surface area (Å²) in [5.41, 5.74) is 8.13. The fourth-order valence-electron chi connectivity index (χ4n) is 2.15. The van der Waals surface area contributed by atoms with Crippen molar-refractivity contribution in [2.45, 2.75) is 25.8 Å². The maximum atomic E-state index is 9.12. The van der Waals surface area contributed by atoms with Crippen molar-refractivity contribution in [2.24, 2.45) is 5.73 Å². The molecule has 3 nitrogen and oxygen atoms in total. The van der Waals surface area contributed by atoms with Crippen LogP contribution in [0.3, 0.4) is 0 Å². The van der Waals surface area contributed by atoms with Gasteiger partial charge in [0, 0.05) is 18.2 Å². The molecule has 0 aliphatic heterocycles. The highest BCUT2D eigenvalue weighted by Gasteiger charge is 2.12. The Morgan fingerprint density at radius 1 is 1.05 bits per heavy atom. The molecule has 3 heteroatoms. The van der Waals surface area contributed by atoms with Gasteiger partial charge in [-0.2, -0.15) is 0 Å². The van der Waals surface area contributed by atoms with Crippen LogP contribution in [0.1, 0.15) is 30.5 Å². The van der Waals surface area contributed by atoms with Gasteiger partial charge in [-0.3, -0.25) is 0 Å². The molecule has 0 spiro atoms. The molecule has 0 aliphatic carbocycles. The molecule has 2 aromatic carbocycles. The van der Waals surface area contributed by atoms with E-state index in [0.717, 1.165) is 29.0 Å². The van der Waals surface area contributed by atoms with Gasteiger partial charge in [-0.25, -0.2) is 0 Å². The number of benzene rings is 2. The normalized spacial score (nSPS) is 12.2. The monoisotopic (exact) mass is 271 g/mol. The number of nitrogens with two attached hydrogens (primary N) is 1. The van der Waals surface area contributed by atoms with Gasteiger partial charge >= 0.3 is 0 Å². The number of rotatable bonds is 6. The summed E-state index contributed by atoms with van der Waals surface area (Å²) in [6.07, 6.45) is 1.44. The molecule has 2 aromatic rings. The van der Waals surface area contributed by atoms with Gasteiger partial charge in [-0.05, 0) is 30.5 Å². The second kappa shape index (κ2) is 7.08. The molecular weight excluding hydrogens is 250 g/mol. The zero-order chi connectivity index (χ0) is 14.4. The standard InChI is InChI=1S/C17H21NO2/c1-2-15(18)14-8-4-6-10-17(14)20-16-9-5-3-7-13(16)11-12-19/h3-10,15,19H,2,11-12,18H2,1H3. The Morgan fingerprint density at radius 2 is 1.70 bits per heavy atom. The summed E-state index contributed by atoms with van der Waals surface area (Å²) in [5, 5.41) is 9.12. The quantitative estimate of drug-likeness (QED) is 0.846. The Bertz CT molecular complexity index is 554. The minimum atomic E-state index is -0.0313. The minimum Gasteiger partial charge on any atom is -0.457 e. The second-order valence-electron chi connectivity index (χ2n) is 4.74. The highest BCUT2D eigenvalue weighted by molar-refractivity contribution is 5.42. The van der Waals surface area contributed by atoms with E-state index in [1.165, 1.54) is 0 Å². The van der Waals surface area contributed by atoms with Crippen molar-refractivity contribution >= 4 is 0 Å². The number of aliphatic hydroxyl groups excluding tert-OH is 1. The van der Waals surface area contributed by atoms with Gasteiger partial charge in [-0.15, -0.1) is 0 Å². The first kappa shape index (κ1) is 14.6. The third kappa shape index (κ3) is 3.38. The van der Waals surface area contributed by atoms with E-state index in [9.17, 15) is 0 Å². The van der Waals surface area contributed by atoms with E-state index in [2.05, 4.69) is 6.92 Å². The highest BCUT2D eigenvalue weighted by Crippen LogP contribution is 2.31. The first-order valence-corrected chi connectivity index (χ1v) is 6.97. The lowest BCUT2D eigenvalue weighted by Gasteiger charge is -2.17. The molecule has 0 amide bonds. The van der Waals surface area contributed by atoms with E-state index in [1.807, 2.05) is 48.5 Å². The molecule has 0 bridgehead atoms. The number of ether oxygens (including phenoxy) is 1. The van der Waals surface area contributed by atoms with Crippen molar-refractivity contribution in [3.8, 4) is 11.5 Å². The van der Waals surface area contributed by atoms with Crippen LogP contribution in [-0.4, -0.2) is 11.7 Å². The predicted molar refractivity (Wildman–Crippen MR) is 81.0 cm³/mol. The SMILES string of the molecule is CCC(N)c1ccccc1Oc1ccccc1CCO. The second-order valence-corrected chi connectivity index (χ2v) is 4.74. The van der Waals surface area contributed by atoms with Crippen molar-refractivity contribution in [3.63, 3.8) is 0 Å². The maximum absolute atomic E-state index is 9.12. The van der Waals surface area contributed by atoms with Crippen molar-refractivity contribution in [3.05, 3.63) is 59.7 Å². The Kier molecular flexibility index (Phi) is 5.16. The molecule has 1 unspecified atom stereocenters. The largest absolute Gasteiger partial charge is 0.457 e. The molecule has 0 aromatic heterocycles. The topological polar surface area (TPSA) is 55.5 Å². The Hall–Kier alpha value is -1.84. The van der Waals surface area contributed by atoms with Crippen molar-refractivity contribution in [1.29, 1.82) is 0 Å². The predicted octanol–water partition coefficient (Wildman–Crippen LogP) is 3.42. The van der Waals surface area contributed by atoms with Crippen LogP contribution in [0, 0.1) is 0 Å². The van der Waals surface area contributed by atoms with Crippen molar-refractivity contribution < 1.29 is 9.84 Å². The zero-order valence-electron chi connectivity index (χ0n) is 11.8. The summed E-state index contributed by atoms with van der Waals surface area (Å²) in [6, 6.07) is 15.6. The first-order chi connectivity index (χ1) is 9.76. The van der Waals surface area contributed by atoms with Gasteiger partial charge < -0.3 is 15.6 Å². The minimum absolute atomic E-state index is 0.0313. The number of aliphatic hydroxyl groups is 1. The van der Waals surface area contributed by atoms with E-state index < -0.39 is 0 Å². The fourth-order valence-corrected chi connectivity index (χ4v) is 2.15. The molecule has 1 atom stereocenters. The van der Waals surface area contributed by atoms with E-state index >= 15 is 0 Å². The fraction of sp³-hybridized carbons (Fsp3) is 0.294. The van der Waals surface area contributed by atoms with Crippen LogP contribution in [0.25, 0.3) is 0 Å². The van der Waals surface area contributed by atoms with Crippen LogP contribution in [0.5, 0.6) is 11.5 Å². The number of hydrogen-bond donors (Lipinski definition) is 2. The lowest BCUT2D eigenvalue weighted by Crippen LogP contribution is -2.10. The summed E-state index contributed by atoms with van der Waals surface area (Å²) in [5.74, 6) is 1.56. The van der Waals surface area contributed by atoms with Gasteiger partial charge in [0.05, 0.1) is 0 Å². The molecule has 0 fully saturated rings. The summed E-state index contributed by atoms with van der Waals surface area (Å²) in [4.78, 5) is 0. The van der Waals surface area contributed by atoms with Gasteiger partial charge in [-0.1, -0.05) is 43.3 Å². The molecule has 0 heterocycles. The molecule has 2 rings (SSSR count). The number of hydrogen-bond acceptors (Lipinski definition) is 3. The van der Waals surface area contributed by atoms with Crippen LogP contribution in [-0.2, 0) is 6.42 Å². The highest BCUT2D eigenvalue weighted by atomic mass is 16.5. The number of para-hydroxylation sites is 2. The summed E-state index contributed by atoms with van der Waals surface area (Å²) < 4.78 is 6.03. The van der Waals surface area contributed by atoms with E-state index in [1.54, 1.807) is 0 Å². The Balaban J connectivity index is 2.30. The lowest BCUT2D eigenvalue weighted by atomic mass is 10.0. The van der Waals surface area contributed by atoms with Gasteiger partial charge in [0.2, 0.25) is 0 Å². The van der Waals surface area contributed by atoms with Crippen LogP contribution in [0.2, 0.25) is 0 Å². The van der Waals surface area contributed by atoms with Gasteiger partial charge in [0.15, 0.2) is 0 Å². The average molecular weight is 271 g/mol. The molecule has 0 radical (unpaired) electrons. The smallest absolute Gasteiger partial charge is 0.132 e. The lowest BCUT2D eigenvalue weighted by molar-refractivity contribution is 0.297. The van der Waals surface area contributed by atoms with E-state index in [0.29, 0.717) is 6.42 Å². The van der Waals surface area contributed by atoms with Gasteiger partial charge in [0.1, 0.15) is 11.5 Å². The average Bonchev–Trinajstić information content (AvgIpc) is 2.49. The van der Waals surface area contributed by atoms with Crippen LogP contribution >= 0.6 is 0 Å². The molecule has 0 saturated carbocycles.